The molecule has 2 aromatic rings. The molecule has 0 aliphatic carbocycles. The highest BCUT2D eigenvalue weighted by molar-refractivity contribution is 6.30. The number of rotatable bonds is 6. The monoisotopic (exact) mass is 374 g/mol. The summed E-state index contributed by atoms with van der Waals surface area (Å²) in [6.07, 6.45) is 0. The van der Waals surface area contributed by atoms with E-state index < -0.39 is 0 Å². The second-order valence-corrected chi connectivity index (χ2v) is 7.25. The van der Waals surface area contributed by atoms with E-state index in [2.05, 4.69) is 24.4 Å². The van der Waals surface area contributed by atoms with E-state index in [9.17, 15) is 4.79 Å². The van der Waals surface area contributed by atoms with Crippen LogP contribution in [0.4, 0.5) is 5.69 Å². The third-order valence-corrected chi connectivity index (χ3v) is 4.86. The predicted molar refractivity (Wildman–Crippen MR) is 108 cm³/mol. The summed E-state index contributed by atoms with van der Waals surface area (Å²) < 4.78 is 5.39. The van der Waals surface area contributed by atoms with E-state index in [1.54, 1.807) is 13.2 Å². The van der Waals surface area contributed by atoms with Gasteiger partial charge in [0.2, 0.25) is 5.91 Å². The van der Waals surface area contributed by atoms with Crippen molar-refractivity contribution >= 4 is 23.2 Å². The normalized spacial score (nSPS) is 12.2. The number of nitrogens with zero attached hydrogens (tertiary/aromatic N) is 1. The Bertz CT molecular complexity index is 782. The molecule has 4 nitrogen and oxygen atoms in total. The van der Waals surface area contributed by atoms with Crippen molar-refractivity contribution in [1.29, 1.82) is 0 Å². The molecule has 140 valence electrons. The molecule has 0 aliphatic rings. The molecule has 0 fully saturated rings. The van der Waals surface area contributed by atoms with Gasteiger partial charge in [0.05, 0.1) is 13.2 Å². The molecule has 0 saturated heterocycles. The van der Waals surface area contributed by atoms with Crippen LogP contribution in [-0.4, -0.2) is 31.0 Å². The van der Waals surface area contributed by atoms with Gasteiger partial charge in [-0.2, -0.15) is 0 Å². The van der Waals surface area contributed by atoms with E-state index in [4.69, 9.17) is 16.3 Å². The molecule has 0 spiro atoms. The minimum atomic E-state index is -0.307. The van der Waals surface area contributed by atoms with Crippen LogP contribution in [0.3, 0.4) is 0 Å². The largest absolute Gasteiger partial charge is 0.496 e. The quantitative estimate of drug-likeness (QED) is 0.794. The second-order valence-electron chi connectivity index (χ2n) is 6.81. The molecule has 2 aromatic carbocycles. The second kappa shape index (κ2) is 8.56. The number of anilines is 1. The smallest absolute Gasteiger partial charge is 0.241 e. The number of hydrogen-bond donors (Lipinski definition) is 1. The van der Waals surface area contributed by atoms with Crippen molar-refractivity contribution < 1.29 is 9.53 Å². The van der Waals surface area contributed by atoms with Gasteiger partial charge in [-0.1, -0.05) is 29.3 Å². The maximum absolute atomic E-state index is 12.7. The van der Waals surface area contributed by atoms with Crippen LogP contribution in [0.5, 0.6) is 5.75 Å². The molecule has 0 radical (unpaired) electrons. The fourth-order valence-electron chi connectivity index (χ4n) is 3.08. The molecule has 0 aromatic heterocycles. The van der Waals surface area contributed by atoms with E-state index in [1.807, 2.05) is 44.9 Å². The lowest BCUT2D eigenvalue weighted by atomic mass is 10.0. The molecule has 0 heterocycles. The van der Waals surface area contributed by atoms with Crippen molar-refractivity contribution in [2.75, 3.05) is 19.5 Å². The van der Waals surface area contributed by atoms with E-state index >= 15 is 0 Å². The highest BCUT2D eigenvalue weighted by Gasteiger charge is 2.21. The number of aryl methyl sites for hydroxylation is 3. The van der Waals surface area contributed by atoms with Crippen LogP contribution in [0, 0.1) is 20.8 Å². The van der Waals surface area contributed by atoms with Crippen molar-refractivity contribution in [3.63, 3.8) is 0 Å². The van der Waals surface area contributed by atoms with Crippen LogP contribution in [0.2, 0.25) is 5.02 Å². The Morgan fingerprint density at radius 1 is 1.19 bits per heavy atom. The number of ether oxygens (including phenoxy) is 1. The molecule has 1 atom stereocenters. The number of hydrogen-bond acceptors (Lipinski definition) is 3. The summed E-state index contributed by atoms with van der Waals surface area (Å²) in [4.78, 5) is 14.7. The Labute approximate surface area is 161 Å². The highest BCUT2D eigenvalue weighted by Crippen LogP contribution is 2.25. The molecule has 2 rings (SSSR count). The third kappa shape index (κ3) is 4.77. The summed E-state index contributed by atoms with van der Waals surface area (Å²) in [5.41, 5.74) is 5.17. The van der Waals surface area contributed by atoms with E-state index in [0.717, 1.165) is 28.1 Å². The lowest BCUT2D eigenvalue weighted by molar-refractivity contribution is -0.120. The minimum absolute atomic E-state index is 0.0384. The average molecular weight is 375 g/mol. The van der Waals surface area contributed by atoms with Crippen molar-refractivity contribution in [2.24, 2.45) is 0 Å². The summed E-state index contributed by atoms with van der Waals surface area (Å²) in [6.45, 7) is 8.54. The van der Waals surface area contributed by atoms with E-state index in [1.165, 1.54) is 5.56 Å². The zero-order valence-electron chi connectivity index (χ0n) is 16.3. The molecule has 1 amide bonds. The SMILES string of the molecule is COc1ccc(Cl)cc1CN(C)[C@@H](C)C(=O)Nc1c(C)cc(C)cc1C. The van der Waals surface area contributed by atoms with Crippen LogP contribution in [0.1, 0.15) is 29.2 Å². The number of benzene rings is 2. The fraction of sp³-hybridized carbons (Fsp3) is 0.381. The maximum Gasteiger partial charge on any atom is 0.241 e. The van der Waals surface area contributed by atoms with Crippen molar-refractivity contribution in [2.45, 2.75) is 40.3 Å². The number of amides is 1. The van der Waals surface area contributed by atoms with Crippen molar-refractivity contribution in [3.05, 3.63) is 57.6 Å². The first kappa shape index (κ1) is 20.3. The maximum atomic E-state index is 12.7. The molecule has 0 unspecified atom stereocenters. The topological polar surface area (TPSA) is 41.6 Å². The molecule has 0 saturated carbocycles. The highest BCUT2D eigenvalue weighted by atomic mass is 35.5. The lowest BCUT2D eigenvalue weighted by Crippen LogP contribution is -2.39. The van der Waals surface area contributed by atoms with Crippen LogP contribution >= 0.6 is 11.6 Å². The van der Waals surface area contributed by atoms with Crippen LogP contribution < -0.4 is 10.1 Å². The molecule has 1 N–H and O–H groups in total. The van der Waals surface area contributed by atoms with Gasteiger partial charge in [-0.05, 0) is 64.1 Å². The lowest BCUT2D eigenvalue weighted by Gasteiger charge is -2.25. The van der Waals surface area contributed by atoms with Crippen LogP contribution in [0.15, 0.2) is 30.3 Å². The fourth-order valence-corrected chi connectivity index (χ4v) is 3.28. The van der Waals surface area contributed by atoms with Crippen LogP contribution in [0.25, 0.3) is 0 Å². The molecule has 0 bridgehead atoms. The Balaban J connectivity index is 2.12. The summed E-state index contributed by atoms with van der Waals surface area (Å²) in [7, 11) is 3.55. The molecule has 0 aliphatic heterocycles. The minimum Gasteiger partial charge on any atom is -0.496 e. The first-order chi connectivity index (χ1) is 12.2. The first-order valence-electron chi connectivity index (χ1n) is 8.64. The average Bonchev–Trinajstić information content (AvgIpc) is 2.57. The molecular formula is C21H27ClN2O2. The predicted octanol–water partition coefficient (Wildman–Crippen LogP) is 4.73. The van der Waals surface area contributed by atoms with Gasteiger partial charge >= 0.3 is 0 Å². The Morgan fingerprint density at radius 3 is 2.38 bits per heavy atom. The summed E-state index contributed by atoms with van der Waals surface area (Å²) in [5, 5.41) is 3.72. The standard InChI is InChI=1S/C21H27ClN2O2/c1-13-9-14(2)20(15(3)10-13)23-21(25)16(4)24(5)12-17-11-18(22)7-8-19(17)26-6/h7-11,16H,12H2,1-6H3,(H,23,25)/t16-/m0/s1. The Kier molecular flexibility index (Phi) is 6.68. The van der Waals surface area contributed by atoms with Gasteiger partial charge in [0.1, 0.15) is 5.75 Å². The zero-order chi connectivity index (χ0) is 19.4. The van der Waals surface area contributed by atoms with Gasteiger partial charge in [0.25, 0.3) is 0 Å². The van der Waals surface area contributed by atoms with Gasteiger partial charge in [0, 0.05) is 22.8 Å². The Hall–Kier alpha value is -2.04. The molecule has 5 heteroatoms. The first-order valence-corrected chi connectivity index (χ1v) is 9.02. The number of nitrogens with one attached hydrogen (secondary N) is 1. The number of likely N-dealkylation sites (N-methyl/N-ethyl adjacent to an activating group) is 1. The van der Waals surface area contributed by atoms with E-state index in [0.29, 0.717) is 11.6 Å². The molecular weight excluding hydrogens is 348 g/mol. The number of halogens is 1. The van der Waals surface area contributed by atoms with Gasteiger partial charge in [-0.15, -0.1) is 0 Å². The summed E-state index contributed by atoms with van der Waals surface area (Å²) >= 11 is 6.10. The zero-order valence-corrected chi connectivity index (χ0v) is 17.1. The van der Waals surface area contributed by atoms with E-state index in [-0.39, 0.29) is 11.9 Å². The van der Waals surface area contributed by atoms with Crippen molar-refractivity contribution in [3.8, 4) is 5.75 Å². The Morgan fingerprint density at radius 2 is 1.81 bits per heavy atom. The third-order valence-electron chi connectivity index (χ3n) is 4.63. The van der Waals surface area contributed by atoms with Gasteiger partial charge in [-0.25, -0.2) is 0 Å². The number of carbonyl (C=O) groups excluding carboxylic acids is 1. The summed E-state index contributed by atoms with van der Waals surface area (Å²) in [6, 6.07) is 9.36. The molecule has 26 heavy (non-hydrogen) atoms. The van der Waals surface area contributed by atoms with Gasteiger partial charge in [-0.3, -0.25) is 9.69 Å². The van der Waals surface area contributed by atoms with Gasteiger partial charge in [0.15, 0.2) is 0 Å². The van der Waals surface area contributed by atoms with Crippen molar-refractivity contribution in [1.82, 2.24) is 4.90 Å². The van der Waals surface area contributed by atoms with Gasteiger partial charge < -0.3 is 10.1 Å². The van der Waals surface area contributed by atoms with Crippen LogP contribution in [-0.2, 0) is 11.3 Å². The summed E-state index contributed by atoms with van der Waals surface area (Å²) in [5.74, 6) is 0.725. The number of carbonyl (C=O) groups is 1. The number of methoxy groups -OCH3 is 1.